The maximum atomic E-state index is 6.21. The molecule has 0 saturated carbocycles. The summed E-state index contributed by atoms with van der Waals surface area (Å²) in [6.07, 6.45) is 1.84. The van der Waals surface area contributed by atoms with Gasteiger partial charge < -0.3 is 14.2 Å². The summed E-state index contributed by atoms with van der Waals surface area (Å²) in [7, 11) is 3.46. The van der Waals surface area contributed by atoms with Crippen molar-refractivity contribution >= 4 is 0 Å². The Hall–Kier alpha value is -2.16. The minimum Gasteiger partial charge on any atom is -0.496 e. The second-order valence-corrected chi connectivity index (χ2v) is 9.27. The maximum absolute atomic E-state index is 6.21. The number of hydrogen-bond acceptors (Lipinski definition) is 3. The number of methoxy groups -OCH3 is 2. The highest BCUT2D eigenvalue weighted by molar-refractivity contribution is 5.49. The van der Waals surface area contributed by atoms with Gasteiger partial charge in [-0.2, -0.15) is 0 Å². The van der Waals surface area contributed by atoms with Crippen LogP contribution in [0.5, 0.6) is 17.2 Å². The van der Waals surface area contributed by atoms with Crippen LogP contribution in [0.3, 0.4) is 0 Å². The lowest BCUT2D eigenvalue weighted by atomic mass is 9.82. The van der Waals surface area contributed by atoms with E-state index in [-0.39, 0.29) is 10.8 Å². The third-order valence-corrected chi connectivity index (χ3v) is 4.95. The van der Waals surface area contributed by atoms with Gasteiger partial charge in [-0.3, -0.25) is 0 Å². The predicted octanol–water partition coefficient (Wildman–Crippen LogP) is 6.31. The van der Waals surface area contributed by atoms with Crippen LogP contribution in [0.2, 0.25) is 0 Å². The third-order valence-electron chi connectivity index (χ3n) is 4.95. The summed E-state index contributed by atoms with van der Waals surface area (Å²) in [5, 5.41) is 0. The van der Waals surface area contributed by atoms with E-state index in [0.29, 0.717) is 6.61 Å². The highest BCUT2D eigenvalue weighted by Gasteiger charge is 2.24. The molecule has 0 heterocycles. The van der Waals surface area contributed by atoms with Gasteiger partial charge in [0.05, 0.1) is 20.8 Å². The van der Waals surface area contributed by atoms with Gasteiger partial charge in [0.2, 0.25) is 0 Å². The van der Waals surface area contributed by atoms with Gasteiger partial charge in [-0.15, -0.1) is 0 Å². The summed E-state index contributed by atoms with van der Waals surface area (Å²) < 4.78 is 17.4. The van der Waals surface area contributed by atoms with Crippen molar-refractivity contribution in [1.82, 2.24) is 0 Å². The molecule has 3 heteroatoms. The van der Waals surface area contributed by atoms with E-state index in [9.17, 15) is 0 Å². The van der Waals surface area contributed by atoms with Crippen LogP contribution in [0.1, 0.15) is 64.7 Å². The summed E-state index contributed by atoms with van der Waals surface area (Å²) in [5.74, 6) is 2.75. The van der Waals surface area contributed by atoms with Crippen molar-refractivity contribution in [2.24, 2.45) is 0 Å². The van der Waals surface area contributed by atoms with Crippen molar-refractivity contribution in [2.75, 3.05) is 20.8 Å². The smallest absolute Gasteiger partial charge is 0.126 e. The quantitative estimate of drug-likeness (QED) is 0.524. The normalized spacial score (nSPS) is 12.0. The summed E-state index contributed by atoms with van der Waals surface area (Å²) >= 11 is 0. The van der Waals surface area contributed by atoms with E-state index in [1.165, 1.54) is 11.1 Å². The summed E-state index contributed by atoms with van der Waals surface area (Å²) in [5.41, 5.74) is 3.76. The third kappa shape index (κ3) is 5.21. The zero-order valence-electron chi connectivity index (χ0n) is 18.8. The lowest BCUT2D eigenvalue weighted by molar-refractivity contribution is 0.296. The zero-order valence-corrected chi connectivity index (χ0v) is 18.8. The molecule has 0 radical (unpaired) electrons. The van der Waals surface area contributed by atoms with Crippen molar-refractivity contribution in [2.45, 2.75) is 65.2 Å². The average Bonchev–Trinajstić information content (AvgIpc) is 2.63. The minimum atomic E-state index is -0.0516. The van der Waals surface area contributed by atoms with Crippen LogP contribution in [0.25, 0.3) is 0 Å². The molecule has 2 rings (SSSR count). The van der Waals surface area contributed by atoms with Crippen molar-refractivity contribution in [3.8, 4) is 17.2 Å². The fourth-order valence-corrected chi connectivity index (χ4v) is 3.69. The Morgan fingerprint density at radius 2 is 1.29 bits per heavy atom. The van der Waals surface area contributed by atoms with Crippen molar-refractivity contribution in [1.29, 1.82) is 0 Å². The first kappa shape index (κ1) is 22.1. The van der Waals surface area contributed by atoms with Crippen molar-refractivity contribution < 1.29 is 14.2 Å². The first-order valence-corrected chi connectivity index (χ1v) is 10.1. The standard InChI is InChI=1S/C25H36O3/c1-24(2,3)19-13-9-14-20(26-7)18(19)12-11-17-28-22-16-10-15-21(27-8)23(22)25(4,5)6/h9-10,13-16H,11-12,17H2,1-8H3. The van der Waals surface area contributed by atoms with E-state index < -0.39 is 0 Å². The number of benzene rings is 2. The van der Waals surface area contributed by atoms with E-state index in [0.717, 1.165) is 35.7 Å². The monoisotopic (exact) mass is 384 g/mol. The Balaban J connectivity index is 2.15. The molecular formula is C25H36O3. The van der Waals surface area contributed by atoms with Crippen LogP contribution in [-0.4, -0.2) is 20.8 Å². The largest absolute Gasteiger partial charge is 0.496 e. The van der Waals surface area contributed by atoms with Crippen LogP contribution < -0.4 is 14.2 Å². The Kier molecular flexibility index (Phi) is 7.03. The van der Waals surface area contributed by atoms with Gasteiger partial charge in [-0.1, -0.05) is 59.7 Å². The summed E-state index contributed by atoms with van der Waals surface area (Å²) in [4.78, 5) is 0. The molecule has 154 valence electrons. The molecule has 0 fully saturated rings. The summed E-state index contributed by atoms with van der Waals surface area (Å²) in [6.45, 7) is 13.9. The van der Waals surface area contributed by atoms with Crippen LogP contribution in [0.15, 0.2) is 36.4 Å². The lowest BCUT2D eigenvalue weighted by Crippen LogP contribution is -2.17. The number of hydrogen-bond donors (Lipinski definition) is 0. The molecule has 2 aromatic rings. The second-order valence-electron chi connectivity index (χ2n) is 9.27. The van der Waals surface area contributed by atoms with Crippen molar-refractivity contribution in [3.63, 3.8) is 0 Å². The molecule has 0 atom stereocenters. The molecule has 0 bridgehead atoms. The lowest BCUT2D eigenvalue weighted by Gasteiger charge is -2.26. The molecule has 3 nitrogen and oxygen atoms in total. The van der Waals surface area contributed by atoms with Gasteiger partial charge in [0.25, 0.3) is 0 Å². The molecule has 2 aromatic carbocycles. The predicted molar refractivity (Wildman–Crippen MR) is 117 cm³/mol. The van der Waals surface area contributed by atoms with Gasteiger partial charge in [0.1, 0.15) is 17.2 Å². The molecule has 0 N–H and O–H groups in total. The number of rotatable bonds is 7. The molecule has 0 aliphatic heterocycles. The zero-order chi connectivity index (χ0) is 20.9. The first-order valence-electron chi connectivity index (χ1n) is 10.1. The van der Waals surface area contributed by atoms with Gasteiger partial charge in [-0.25, -0.2) is 0 Å². The van der Waals surface area contributed by atoms with Crippen LogP contribution in [0.4, 0.5) is 0 Å². The fraction of sp³-hybridized carbons (Fsp3) is 0.520. The molecule has 28 heavy (non-hydrogen) atoms. The van der Waals surface area contributed by atoms with Crippen molar-refractivity contribution in [3.05, 3.63) is 53.1 Å². The number of ether oxygens (including phenoxy) is 3. The molecule has 0 aliphatic rings. The minimum absolute atomic E-state index is 0.0516. The van der Waals surface area contributed by atoms with Gasteiger partial charge in [0.15, 0.2) is 0 Å². The first-order chi connectivity index (χ1) is 13.1. The molecular weight excluding hydrogens is 348 g/mol. The topological polar surface area (TPSA) is 27.7 Å². The maximum Gasteiger partial charge on any atom is 0.126 e. The highest BCUT2D eigenvalue weighted by Crippen LogP contribution is 2.39. The van der Waals surface area contributed by atoms with Crippen LogP contribution >= 0.6 is 0 Å². The molecule has 0 amide bonds. The molecule has 0 aromatic heterocycles. The van der Waals surface area contributed by atoms with E-state index in [1.807, 2.05) is 24.3 Å². The van der Waals surface area contributed by atoms with E-state index >= 15 is 0 Å². The Bertz CT molecular complexity index is 779. The van der Waals surface area contributed by atoms with E-state index in [1.54, 1.807) is 14.2 Å². The molecule has 0 spiro atoms. The van der Waals surface area contributed by atoms with Gasteiger partial charge >= 0.3 is 0 Å². The van der Waals surface area contributed by atoms with Crippen LogP contribution in [0, 0.1) is 0 Å². The van der Waals surface area contributed by atoms with Gasteiger partial charge in [-0.05, 0) is 53.0 Å². The Morgan fingerprint density at radius 3 is 1.86 bits per heavy atom. The SMILES string of the molecule is COc1cccc(C(C)(C)C)c1CCCOc1cccc(OC)c1C(C)(C)C. The van der Waals surface area contributed by atoms with E-state index in [2.05, 4.69) is 53.7 Å². The average molecular weight is 385 g/mol. The molecule has 0 unspecified atom stereocenters. The molecule has 0 saturated heterocycles. The Labute approximate surface area is 171 Å². The summed E-state index contributed by atoms with van der Waals surface area (Å²) in [6, 6.07) is 12.3. The highest BCUT2D eigenvalue weighted by atomic mass is 16.5. The fourth-order valence-electron chi connectivity index (χ4n) is 3.69. The molecule has 0 aliphatic carbocycles. The Morgan fingerprint density at radius 1 is 0.714 bits per heavy atom. The van der Waals surface area contributed by atoms with Crippen LogP contribution in [-0.2, 0) is 17.3 Å². The van der Waals surface area contributed by atoms with Gasteiger partial charge in [0, 0.05) is 5.56 Å². The van der Waals surface area contributed by atoms with E-state index in [4.69, 9.17) is 14.2 Å². The second kappa shape index (κ2) is 8.89.